The number of aromatic carboxylic acids is 1. The van der Waals surface area contributed by atoms with E-state index in [1.807, 2.05) is 31.2 Å². The van der Waals surface area contributed by atoms with Gasteiger partial charge in [-0.3, -0.25) is 0 Å². The number of aromatic nitrogens is 1. The van der Waals surface area contributed by atoms with Crippen molar-refractivity contribution in [3.05, 3.63) is 53.7 Å². The first kappa shape index (κ1) is 12.1. The second-order valence-electron chi connectivity index (χ2n) is 3.73. The van der Waals surface area contributed by atoms with Gasteiger partial charge in [0.05, 0.1) is 0 Å². The molecular formula is C14H13NO3. The third kappa shape index (κ3) is 2.66. The average Bonchev–Trinajstić information content (AvgIpc) is 2.39. The molecule has 0 saturated heterocycles. The summed E-state index contributed by atoms with van der Waals surface area (Å²) in [7, 11) is 0. The monoisotopic (exact) mass is 243 g/mol. The van der Waals surface area contributed by atoms with Crippen molar-refractivity contribution < 1.29 is 14.6 Å². The highest BCUT2D eigenvalue weighted by Crippen LogP contribution is 2.24. The Balaban J connectivity index is 2.28. The molecule has 2 aromatic rings. The first-order chi connectivity index (χ1) is 8.70. The number of carboxylic acids is 1. The molecule has 0 fully saturated rings. The Hall–Kier alpha value is -2.36. The Morgan fingerprint density at radius 3 is 2.72 bits per heavy atom. The summed E-state index contributed by atoms with van der Waals surface area (Å²) in [4.78, 5) is 14.7. The number of para-hydroxylation sites is 1. The van der Waals surface area contributed by atoms with Crippen molar-refractivity contribution in [2.24, 2.45) is 0 Å². The average molecular weight is 243 g/mol. The van der Waals surface area contributed by atoms with Crippen LogP contribution < -0.4 is 4.74 Å². The Morgan fingerprint density at radius 2 is 2.00 bits per heavy atom. The van der Waals surface area contributed by atoms with Gasteiger partial charge in [-0.2, -0.15) is 0 Å². The van der Waals surface area contributed by atoms with Crippen LogP contribution >= 0.6 is 0 Å². The fourth-order valence-corrected chi connectivity index (χ4v) is 1.60. The molecule has 1 aromatic heterocycles. The minimum Gasteiger partial charge on any atom is -0.477 e. The highest BCUT2D eigenvalue weighted by molar-refractivity contribution is 5.85. The predicted octanol–water partition coefficient (Wildman–Crippen LogP) is 3.13. The van der Waals surface area contributed by atoms with Gasteiger partial charge >= 0.3 is 5.97 Å². The summed E-state index contributed by atoms with van der Waals surface area (Å²) in [5, 5.41) is 8.86. The van der Waals surface area contributed by atoms with E-state index in [-0.39, 0.29) is 11.6 Å². The zero-order chi connectivity index (χ0) is 13.0. The summed E-state index contributed by atoms with van der Waals surface area (Å²) >= 11 is 0. The van der Waals surface area contributed by atoms with Gasteiger partial charge in [0.15, 0.2) is 5.69 Å². The van der Waals surface area contributed by atoms with Crippen molar-refractivity contribution in [1.82, 2.24) is 4.98 Å². The number of carboxylic acid groups (broad SMARTS) is 1. The van der Waals surface area contributed by atoms with E-state index in [0.717, 1.165) is 12.0 Å². The van der Waals surface area contributed by atoms with Gasteiger partial charge in [-0.05, 0) is 24.1 Å². The molecule has 0 atom stereocenters. The highest BCUT2D eigenvalue weighted by atomic mass is 16.5. The Kier molecular flexibility index (Phi) is 3.57. The van der Waals surface area contributed by atoms with Crippen molar-refractivity contribution in [2.75, 3.05) is 0 Å². The van der Waals surface area contributed by atoms with Crippen LogP contribution in [0.2, 0.25) is 0 Å². The summed E-state index contributed by atoms with van der Waals surface area (Å²) in [6.07, 6.45) is 0.842. The molecule has 4 nitrogen and oxygen atoms in total. The zero-order valence-corrected chi connectivity index (χ0v) is 9.96. The Labute approximate surface area is 105 Å². The summed E-state index contributed by atoms with van der Waals surface area (Å²) in [5.74, 6) is -0.0740. The third-order valence-corrected chi connectivity index (χ3v) is 2.51. The third-order valence-electron chi connectivity index (χ3n) is 2.51. The molecule has 0 unspecified atom stereocenters. The van der Waals surface area contributed by atoms with Crippen molar-refractivity contribution in [2.45, 2.75) is 13.3 Å². The lowest BCUT2D eigenvalue weighted by atomic mass is 10.1. The van der Waals surface area contributed by atoms with Crippen LogP contribution in [0.5, 0.6) is 11.6 Å². The second kappa shape index (κ2) is 5.31. The summed E-state index contributed by atoms with van der Waals surface area (Å²) in [5.41, 5.74) is 1.03. The molecule has 1 heterocycles. The molecule has 4 heteroatoms. The normalized spacial score (nSPS) is 10.1. The number of carbonyl (C=O) groups is 1. The molecule has 2 rings (SSSR count). The van der Waals surface area contributed by atoms with Crippen LogP contribution in [0.1, 0.15) is 23.0 Å². The molecule has 0 aliphatic heterocycles. The van der Waals surface area contributed by atoms with Gasteiger partial charge < -0.3 is 9.84 Å². The van der Waals surface area contributed by atoms with Crippen molar-refractivity contribution in [3.8, 4) is 11.6 Å². The van der Waals surface area contributed by atoms with E-state index in [4.69, 9.17) is 9.84 Å². The quantitative estimate of drug-likeness (QED) is 0.896. The predicted molar refractivity (Wildman–Crippen MR) is 67.1 cm³/mol. The lowest BCUT2D eigenvalue weighted by Gasteiger charge is -2.09. The second-order valence-corrected chi connectivity index (χ2v) is 3.73. The van der Waals surface area contributed by atoms with E-state index >= 15 is 0 Å². The highest BCUT2D eigenvalue weighted by Gasteiger charge is 2.07. The van der Waals surface area contributed by atoms with Crippen LogP contribution in [0.15, 0.2) is 42.5 Å². The summed E-state index contributed by atoms with van der Waals surface area (Å²) in [6, 6.07) is 12.3. The molecule has 92 valence electrons. The van der Waals surface area contributed by atoms with Crippen molar-refractivity contribution in [1.29, 1.82) is 0 Å². The SMILES string of the molecule is CCc1ccccc1Oc1cccc(C(=O)O)n1. The van der Waals surface area contributed by atoms with Crippen LogP contribution in [0.25, 0.3) is 0 Å². The summed E-state index contributed by atoms with van der Waals surface area (Å²) < 4.78 is 5.62. The summed E-state index contributed by atoms with van der Waals surface area (Å²) in [6.45, 7) is 2.03. The van der Waals surface area contributed by atoms with Crippen molar-refractivity contribution >= 4 is 5.97 Å². The molecular weight excluding hydrogens is 230 g/mol. The Bertz CT molecular complexity index is 566. The Morgan fingerprint density at radius 1 is 1.22 bits per heavy atom. The molecule has 0 radical (unpaired) electrons. The molecule has 0 amide bonds. The molecule has 18 heavy (non-hydrogen) atoms. The number of pyridine rings is 1. The van der Waals surface area contributed by atoms with Gasteiger partial charge in [-0.1, -0.05) is 31.2 Å². The molecule has 0 aliphatic carbocycles. The number of ether oxygens (including phenoxy) is 1. The van der Waals surface area contributed by atoms with Crippen LogP contribution in [0.4, 0.5) is 0 Å². The van der Waals surface area contributed by atoms with E-state index < -0.39 is 5.97 Å². The van der Waals surface area contributed by atoms with E-state index in [9.17, 15) is 4.79 Å². The van der Waals surface area contributed by atoms with E-state index in [2.05, 4.69) is 4.98 Å². The number of nitrogens with zero attached hydrogens (tertiary/aromatic N) is 1. The smallest absolute Gasteiger partial charge is 0.354 e. The number of aryl methyl sites for hydroxylation is 1. The maximum Gasteiger partial charge on any atom is 0.354 e. The first-order valence-corrected chi connectivity index (χ1v) is 5.67. The number of rotatable bonds is 4. The van der Waals surface area contributed by atoms with Crippen LogP contribution in [-0.4, -0.2) is 16.1 Å². The van der Waals surface area contributed by atoms with Gasteiger partial charge in [-0.25, -0.2) is 9.78 Å². The number of benzene rings is 1. The van der Waals surface area contributed by atoms with Crippen molar-refractivity contribution in [3.63, 3.8) is 0 Å². The fourth-order valence-electron chi connectivity index (χ4n) is 1.60. The largest absolute Gasteiger partial charge is 0.477 e. The van der Waals surface area contributed by atoms with Crippen LogP contribution in [0.3, 0.4) is 0 Å². The van der Waals surface area contributed by atoms with Gasteiger partial charge in [0, 0.05) is 6.07 Å². The van der Waals surface area contributed by atoms with Crippen LogP contribution in [-0.2, 0) is 6.42 Å². The fraction of sp³-hybridized carbons (Fsp3) is 0.143. The topological polar surface area (TPSA) is 59.4 Å². The van der Waals surface area contributed by atoms with E-state index in [1.54, 1.807) is 12.1 Å². The zero-order valence-electron chi connectivity index (χ0n) is 9.96. The van der Waals surface area contributed by atoms with Gasteiger partial charge in [0.2, 0.25) is 5.88 Å². The lowest BCUT2D eigenvalue weighted by molar-refractivity contribution is 0.0689. The molecule has 0 spiro atoms. The molecule has 1 aromatic carbocycles. The van der Waals surface area contributed by atoms with Gasteiger partial charge in [0.1, 0.15) is 5.75 Å². The lowest BCUT2D eigenvalue weighted by Crippen LogP contribution is -2.01. The van der Waals surface area contributed by atoms with Gasteiger partial charge in [0.25, 0.3) is 0 Å². The molecule has 0 saturated carbocycles. The number of hydrogen-bond donors (Lipinski definition) is 1. The molecule has 0 aliphatic rings. The first-order valence-electron chi connectivity index (χ1n) is 5.67. The minimum atomic E-state index is -1.07. The minimum absolute atomic E-state index is 0.0264. The molecule has 1 N–H and O–H groups in total. The molecule has 0 bridgehead atoms. The maximum atomic E-state index is 10.8. The maximum absolute atomic E-state index is 10.8. The van der Waals surface area contributed by atoms with Crippen LogP contribution in [0, 0.1) is 0 Å². The standard InChI is InChI=1S/C14H13NO3/c1-2-10-6-3-4-8-12(10)18-13-9-5-7-11(15-13)14(16)17/h3-9H,2H2,1H3,(H,16,17). The van der Waals surface area contributed by atoms with E-state index in [0.29, 0.717) is 5.75 Å². The van der Waals surface area contributed by atoms with E-state index in [1.165, 1.54) is 6.07 Å². The van der Waals surface area contributed by atoms with Gasteiger partial charge in [-0.15, -0.1) is 0 Å². The number of hydrogen-bond acceptors (Lipinski definition) is 3.